The highest BCUT2D eigenvalue weighted by molar-refractivity contribution is 6.31. The SMILES string of the molecule is C/C=C(/CO)C(=NC)c1cc(C)nc2c(OCc3c(Cl)cc(C)nc3Cn3cccc(C(F)(F)F)c3=O)cccc12. The van der Waals surface area contributed by atoms with Crippen molar-refractivity contribution in [1.29, 1.82) is 0 Å². The predicted molar refractivity (Wildman–Crippen MR) is 153 cm³/mol. The zero-order chi connectivity index (χ0) is 29.9. The number of nitrogens with zero attached hydrogens (tertiary/aromatic N) is 4. The number of aliphatic hydroxyl groups excluding tert-OH is 1. The number of rotatable bonds is 8. The zero-order valence-electron chi connectivity index (χ0n) is 22.9. The molecule has 4 aromatic rings. The number of aromatic nitrogens is 3. The molecule has 0 fully saturated rings. The maximum absolute atomic E-state index is 13.3. The molecule has 41 heavy (non-hydrogen) atoms. The molecule has 0 radical (unpaired) electrons. The molecular weight excluding hydrogens is 557 g/mol. The molecule has 0 aliphatic rings. The van der Waals surface area contributed by atoms with E-state index in [-0.39, 0.29) is 19.8 Å². The number of halogens is 4. The van der Waals surface area contributed by atoms with Crippen LogP contribution in [0.15, 0.2) is 70.1 Å². The van der Waals surface area contributed by atoms with E-state index in [1.807, 2.05) is 26.0 Å². The van der Waals surface area contributed by atoms with E-state index in [1.54, 1.807) is 38.2 Å². The number of ether oxygens (including phenoxy) is 1. The Hall–Kier alpha value is -4.02. The molecule has 0 saturated heterocycles. The summed E-state index contributed by atoms with van der Waals surface area (Å²) in [5, 5.41) is 10.9. The summed E-state index contributed by atoms with van der Waals surface area (Å²) in [5.74, 6) is 0.438. The molecule has 0 saturated carbocycles. The molecule has 0 aliphatic heterocycles. The Bertz CT molecular complexity index is 1730. The number of para-hydroxylation sites is 1. The molecule has 0 spiro atoms. The number of fused-ring (bicyclic) bond motifs is 1. The highest BCUT2D eigenvalue weighted by atomic mass is 35.5. The average Bonchev–Trinajstić information content (AvgIpc) is 2.91. The van der Waals surface area contributed by atoms with Gasteiger partial charge in [-0.2, -0.15) is 13.2 Å². The first-order valence-electron chi connectivity index (χ1n) is 12.7. The summed E-state index contributed by atoms with van der Waals surface area (Å²) in [7, 11) is 1.65. The fourth-order valence-corrected chi connectivity index (χ4v) is 4.92. The molecule has 0 amide bonds. The fraction of sp³-hybridized carbons (Fsp3) is 0.267. The summed E-state index contributed by atoms with van der Waals surface area (Å²) >= 11 is 6.56. The van der Waals surface area contributed by atoms with E-state index in [2.05, 4.69) is 15.0 Å². The molecule has 1 N–H and O–H groups in total. The summed E-state index contributed by atoms with van der Waals surface area (Å²) in [6.07, 6.45) is -1.71. The first kappa shape index (κ1) is 30.0. The predicted octanol–water partition coefficient (Wildman–Crippen LogP) is 6.07. The standard InChI is InChI=1S/C30H28ClF3N4O3/c1-5-19(15-39)27(35-4)21-12-17(2)37-28-20(21)8-6-10-26(28)41-16-22-24(31)13-18(3)36-25(22)14-38-11-7-9-23(29(38)40)30(32,33)34/h5-13,39H,14-16H2,1-4H3/b19-5-,35-27?. The average molecular weight is 585 g/mol. The monoisotopic (exact) mass is 584 g/mol. The number of allylic oxidation sites excluding steroid dienone is 1. The summed E-state index contributed by atoms with van der Waals surface area (Å²) < 4.78 is 47.1. The molecule has 1 aromatic carbocycles. The van der Waals surface area contributed by atoms with Crippen molar-refractivity contribution in [2.45, 2.75) is 40.1 Å². The molecule has 214 valence electrons. The first-order valence-corrected chi connectivity index (χ1v) is 13.0. The molecule has 3 heterocycles. The van der Waals surface area contributed by atoms with E-state index in [4.69, 9.17) is 16.3 Å². The number of hydrogen-bond acceptors (Lipinski definition) is 6. The van der Waals surface area contributed by atoms with Gasteiger partial charge in [-0.3, -0.25) is 14.8 Å². The number of alkyl halides is 3. The molecule has 7 nitrogen and oxygen atoms in total. The Labute approximate surface area is 239 Å². The number of benzene rings is 1. The summed E-state index contributed by atoms with van der Waals surface area (Å²) in [6.45, 7) is 4.87. The van der Waals surface area contributed by atoms with Crippen LogP contribution < -0.4 is 10.3 Å². The lowest BCUT2D eigenvalue weighted by atomic mass is 9.97. The van der Waals surface area contributed by atoms with Crippen molar-refractivity contribution < 1.29 is 23.0 Å². The van der Waals surface area contributed by atoms with Crippen molar-refractivity contribution in [2.24, 2.45) is 4.99 Å². The Morgan fingerprint density at radius 2 is 1.88 bits per heavy atom. The fourth-order valence-electron chi connectivity index (χ4n) is 4.59. The minimum Gasteiger partial charge on any atom is -0.486 e. The van der Waals surface area contributed by atoms with Crippen LogP contribution in [0.3, 0.4) is 0 Å². The second kappa shape index (κ2) is 12.2. The van der Waals surface area contributed by atoms with Crippen molar-refractivity contribution in [3.63, 3.8) is 0 Å². The number of aliphatic hydroxyl groups is 1. The third-order valence-corrected chi connectivity index (χ3v) is 6.87. The Morgan fingerprint density at radius 3 is 2.54 bits per heavy atom. The van der Waals surface area contributed by atoms with Gasteiger partial charge in [0.1, 0.15) is 23.4 Å². The van der Waals surface area contributed by atoms with Crippen molar-refractivity contribution in [2.75, 3.05) is 13.7 Å². The van der Waals surface area contributed by atoms with Gasteiger partial charge in [0.15, 0.2) is 0 Å². The van der Waals surface area contributed by atoms with Gasteiger partial charge in [-0.25, -0.2) is 4.98 Å². The van der Waals surface area contributed by atoms with Crippen LogP contribution >= 0.6 is 11.6 Å². The van der Waals surface area contributed by atoms with Crippen LogP contribution in [0.5, 0.6) is 5.75 Å². The third kappa shape index (κ3) is 6.34. The number of aryl methyl sites for hydroxylation is 2. The van der Waals surface area contributed by atoms with Crippen molar-refractivity contribution >= 4 is 28.2 Å². The molecule has 4 rings (SSSR count). The lowest BCUT2D eigenvalue weighted by Gasteiger charge is -2.17. The van der Waals surface area contributed by atoms with Gasteiger partial charge in [0, 0.05) is 41.1 Å². The van der Waals surface area contributed by atoms with Gasteiger partial charge in [0.2, 0.25) is 0 Å². The minimum absolute atomic E-state index is 0.0787. The number of pyridine rings is 3. The van der Waals surface area contributed by atoms with E-state index in [9.17, 15) is 23.1 Å². The molecule has 0 aliphatic carbocycles. The molecule has 0 unspecified atom stereocenters. The maximum atomic E-state index is 13.3. The topological polar surface area (TPSA) is 89.6 Å². The smallest absolute Gasteiger partial charge is 0.421 e. The zero-order valence-corrected chi connectivity index (χ0v) is 23.6. The van der Waals surface area contributed by atoms with Crippen LogP contribution in [0.25, 0.3) is 10.9 Å². The second-order valence-electron chi connectivity index (χ2n) is 9.32. The lowest BCUT2D eigenvalue weighted by Crippen LogP contribution is -2.29. The first-order chi connectivity index (χ1) is 19.5. The Balaban J connectivity index is 1.75. The van der Waals surface area contributed by atoms with E-state index in [1.165, 1.54) is 12.3 Å². The Kier molecular flexibility index (Phi) is 8.94. The van der Waals surface area contributed by atoms with Crippen LogP contribution in [0, 0.1) is 13.8 Å². The van der Waals surface area contributed by atoms with Gasteiger partial charge >= 0.3 is 6.18 Å². The minimum atomic E-state index is -4.78. The second-order valence-corrected chi connectivity index (χ2v) is 9.73. The number of hydrogen-bond donors (Lipinski definition) is 1. The highest BCUT2D eigenvalue weighted by Gasteiger charge is 2.34. The van der Waals surface area contributed by atoms with Gasteiger partial charge in [-0.1, -0.05) is 29.8 Å². The molecule has 0 bridgehead atoms. The van der Waals surface area contributed by atoms with Gasteiger partial charge in [0.05, 0.1) is 29.6 Å². The lowest BCUT2D eigenvalue weighted by molar-refractivity contribution is -0.138. The van der Waals surface area contributed by atoms with E-state index < -0.39 is 17.3 Å². The van der Waals surface area contributed by atoms with E-state index >= 15 is 0 Å². The Morgan fingerprint density at radius 1 is 1.15 bits per heavy atom. The van der Waals surface area contributed by atoms with Crippen LogP contribution in [-0.2, 0) is 19.3 Å². The van der Waals surface area contributed by atoms with Crippen molar-refractivity contribution in [3.8, 4) is 5.75 Å². The van der Waals surface area contributed by atoms with Crippen LogP contribution in [0.4, 0.5) is 13.2 Å². The van der Waals surface area contributed by atoms with Gasteiger partial charge in [-0.05, 0) is 56.7 Å². The quantitative estimate of drug-likeness (QED) is 0.254. The normalized spacial score (nSPS) is 12.7. The van der Waals surface area contributed by atoms with E-state index in [0.29, 0.717) is 50.2 Å². The highest BCUT2D eigenvalue weighted by Crippen LogP contribution is 2.31. The molecule has 11 heteroatoms. The van der Waals surface area contributed by atoms with Crippen LogP contribution in [-0.4, -0.2) is 39.0 Å². The van der Waals surface area contributed by atoms with Crippen molar-refractivity contribution in [3.05, 3.63) is 109 Å². The van der Waals surface area contributed by atoms with E-state index in [0.717, 1.165) is 21.6 Å². The molecular formula is C30H28ClF3N4O3. The summed E-state index contributed by atoms with van der Waals surface area (Å²) in [5.41, 5.74) is 2.17. The van der Waals surface area contributed by atoms with Gasteiger partial charge in [0.25, 0.3) is 5.56 Å². The third-order valence-electron chi connectivity index (χ3n) is 6.53. The van der Waals surface area contributed by atoms with Crippen LogP contribution in [0.2, 0.25) is 5.02 Å². The van der Waals surface area contributed by atoms with Crippen molar-refractivity contribution in [1.82, 2.24) is 14.5 Å². The van der Waals surface area contributed by atoms with Crippen LogP contribution in [0.1, 0.15) is 40.7 Å². The molecule has 0 atom stereocenters. The van der Waals surface area contributed by atoms with Gasteiger partial charge < -0.3 is 14.4 Å². The largest absolute Gasteiger partial charge is 0.486 e. The maximum Gasteiger partial charge on any atom is 0.421 e. The number of aliphatic imine (C=N–C) groups is 1. The molecule has 3 aromatic heterocycles. The summed E-state index contributed by atoms with van der Waals surface area (Å²) in [6, 6.07) is 10.9. The summed E-state index contributed by atoms with van der Waals surface area (Å²) in [4.78, 5) is 26.1. The van der Waals surface area contributed by atoms with Gasteiger partial charge in [-0.15, -0.1) is 0 Å².